The average Bonchev–Trinajstić information content (AvgIpc) is 2.39. The lowest BCUT2D eigenvalue weighted by molar-refractivity contribution is 0.0669. The second-order valence-electron chi connectivity index (χ2n) is 4.85. The molecule has 0 bridgehead atoms. The molecule has 4 heteroatoms. The van der Waals surface area contributed by atoms with Crippen LogP contribution in [0, 0.1) is 9.49 Å². The van der Waals surface area contributed by atoms with Gasteiger partial charge in [-0.3, -0.25) is 4.79 Å². The molecular weight excluding hydrogens is 339 g/mol. The Hall–Kier alpha value is -0.620. The summed E-state index contributed by atoms with van der Waals surface area (Å²) in [5.41, 5.74) is 6.41. The Morgan fingerprint density at radius 2 is 2.33 bits per heavy atom. The normalized spacial score (nSPS) is 19.9. The third-order valence-corrected chi connectivity index (χ3v) is 4.12. The Morgan fingerprint density at radius 1 is 1.50 bits per heavy atom. The van der Waals surface area contributed by atoms with Gasteiger partial charge >= 0.3 is 0 Å². The van der Waals surface area contributed by atoms with E-state index in [1.54, 1.807) is 0 Å². The minimum atomic E-state index is 0.162. The fourth-order valence-corrected chi connectivity index (χ4v) is 3.07. The second kappa shape index (κ2) is 6.52. The van der Waals surface area contributed by atoms with Crippen LogP contribution in [0.25, 0.3) is 0 Å². The monoisotopic (exact) mass is 358 g/mol. The summed E-state index contributed by atoms with van der Waals surface area (Å²) in [6.07, 6.45) is 3.32. The van der Waals surface area contributed by atoms with Gasteiger partial charge in [0.2, 0.25) is 0 Å². The standard InChI is InChI=1S/C14H19IN2O/c15-13-5-1-4-12(9-13)14(18)17-8-2-3-11(10-17)6-7-16/h1,4-5,9,11H,2-3,6-8,10,16H2. The molecule has 0 aliphatic carbocycles. The first-order valence-corrected chi connectivity index (χ1v) is 7.53. The van der Waals surface area contributed by atoms with Crippen molar-refractivity contribution in [2.45, 2.75) is 19.3 Å². The van der Waals surface area contributed by atoms with Gasteiger partial charge < -0.3 is 10.6 Å². The molecule has 1 saturated heterocycles. The van der Waals surface area contributed by atoms with Crippen LogP contribution in [0.3, 0.4) is 0 Å². The Bertz CT molecular complexity index is 420. The molecule has 1 fully saturated rings. The molecule has 98 valence electrons. The lowest BCUT2D eigenvalue weighted by Gasteiger charge is -2.32. The lowest BCUT2D eigenvalue weighted by atomic mass is 9.94. The molecule has 1 aromatic carbocycles. The van der Waals surface area contributed by atoms with Gasteiger partial charge in [-0.1, -0.05) is 6.07 Å². The van der Waals surface area contributed by atoms with Crippen LogP contribution in [0.5, 0.6) is 0 Å². The summed E-state index contributed by atoms with van der Waals surface area (Å²) >= 11 is 2.24. The zero-order chi connectivity index (χ0) is 13.0. The molecular formula is C14H19IN2O. The number of likely N-dealkylation sites (tertiary alicyclic amines) is 1. The van der Waals surface area contributed by atoms with Gasteiger partial charge in [-0.2, -0.15) is 0 Å². The van der Waals surface area contributed by atoms with Crippen LogP contribution in [-0.2, 0) is 0 Å². The number of hydrogen-bond donors (Lipinski definition) is 1. The van der Waals surface area contributed by atoms with Crippen LogP contribution in [0.15, 0.2) is 24.3 Å². The predicted molar refractivity (Wildman–Crippen MR) is 81.5 cm³/mol. The molecule has 2 N–H and O–H groups in total. The number of nitrogens with zero attached hydrogens (tertiary/aromatic N) is 1. The topological polar surface area (TPSA) is 46.3 Å². The van der Waals surface area contributed by atoms with E-state index in [2.05, 4.69) is 22.6 Å². The maximum Gasteiger partial charge on any atom is 0.253 e. The van der Waals surface area contributed by atoms with Crippen molar-refractivity contribution in [3.05, 3.63) is 33.4 Å². The number of benzene rings is 1. The summed E-state index contributed by atoms with van der Waals surface area (Å²) in [5.74, 6) is 0.741. The van der Waals surface area contributed by atoms with Crippen LogP contribution in [0.1, 0.15) is 29.6 Å². The molecule has 0 aromatic heterocycles. The number of amides is 1. The minimum absolute atomic E-state index is 0.162. The summed E-state index contributed by atoms with van der Waals surface area (Å²) in [7, 11) is 0. The van der Waals surface area contributed by atoms with Gasteiger partial charge in [-0.25, -0.2) is 0 Å². The fraction of sp³-hybridized carbons (Fsp3) is 0.500. The molecule has 1 heterocycles. The van der Waals surface area contributed by atoms with E-state index in [1.807, 2.05) is 29.2 Å². The highest BCUT2D eigenvalue weighted by atomic mass is 127. The molecule has 1 amide bonds. The maximum absolute atomic E-state index is 12.4. The zero-order valence-corrected chi connectivity index (χ0v) is 12.6. The van der Waals surface area contributed by atoms with Gasteiger partial charge in [-0.15, -0.1) is 0 Å². The van der Waals surface area contributed by atoms with E-state index >= 15 is 0 Å². The van der Waals surface area contributed by atoms with Gasteiger partial charge in [0.05, 0.1) is 0 Å². The Balaban J connectivity index is 2.04. The van der Waals surface area contributed by atoms with Crippen LogP contribution in [0.2, 0.25) is 0 Å². The highest BCUT2D eigenvalue weighted by molar-refractivity contribution is 14.1. The molecule has 1 unspecified atom stereocenters. The third kappa shape index (κ3) is 3.45. The molecule has 0 saturated carbocycles. The van der Waals surface area contributed by atoms with Crippen molar-refractivity contribution in [2.24, 2.45) is 11.7 Å². The highest BCUT2D eigenvalue weighted by Gasteiger charge is 2.23. The molecule has 1 aromatic rings. The van der Waals surface area contributed by atoms with Crippen molar-refractivity contribution in [3.63, 3.8) is 0 Å². The fourth-order valence-electron chi connectivity index (χ4n) is 2.52. The Morgan fingerprint density at radius 3 is 3.06 bits per heavy atom. The number of carbonyl (C=O) groups is 1. The first-order valence-electron chi connectivity index (χ1n) is 6.45. The average molecular weight is 358 g/mol. The van der Waals surface area contributed by atoms with Crippen LogP contribution < -0.4 is 5.73 Å². The van der Waals surface area contributed by atoms with E-state index in [4.69, 9.17) is 5.73 Å². The summed E-state index contributed by atoms with van der Waals surface area (Å²) < 4.78 is 1.11. The van der Waals surface area contributed by atoms with E-state index < -0.39 is 0 Å². The number of piperidine rings is 1. The minimum Gasteiger partial charge on any atom is -0.338 e. The number of halogens is 1. The quantitative estimate of drug-likeness (QED) is 0.844. The summed E-state index contributed by atoms with van der Waals surface area (Å²) in [4.78, 5) is 14.4. The number of hydrogen-bond acceptors (Lipinski definition) is 2. The largest absolute Gasteiger partial charge is 0.338 e. The first kappa shape index (κ1) is 13.8. The molecule has 1 aliphatic heterocycles. The molecule has 0 radical (unpaired) electrons. The van der Waals surface area contributed by atoms with Crippen molar-refractivity contribution >= 4 is 28.5 Å². The van der Waals surface area contributed by atoms with Crippen molar-refractivity contribution in [1.29, 1.82) is 0 Å². The van der Waals surface area contributed by atoms with Gasteiger partial charge in [-0.05, 0) is 72.5 Å². The summed E-state index contributed by atoms with van der Waals surface area (Å²) in [5, 5.41) is 0. The van der Waals surface area contributed by atoms with E-state index in [0.717, 1.165) is 41.6 Å². The molecule has 2 rings (SSSR count). The summed E-state index contributed by atoms with van der Waals surface area (Å²) in [6.45, 7) is 2.46. The van der Waals surface area contributed by atoms with E-state index in [0.29, 0.717) is 5.92 Å². The molecule has 18 heavy (non-hydrogen) atoms. The zero-order valence-electron chi connectivity index (χ0n) is 10.4. The van der Waals surface area contributed by atoms with Crippen molar-refractivity contribution in [1.82, 2.24) is 4.90 Å². The molecule has 0 spiro atoms. The van der Waals surface area contributed by atoms with Crippen molar-refractivity contribution in [3.8, 4) is 0 Å². The van der Waals surface area contributed by atoms with Crippen LogP contribution >= 0.6 is 22.6 Å². The van der Waals surface area contributed by atoms with Gasteiger partial charge in [0.1, 0.15) is 0 Å². The van der Waals surface area contributed by atoms with Crippen molar-refractivity contribution < 1.29 is 4.79 Å². The molecule has 1 atom stereocenters. The van der Waals surface area contributed by atoms with Gasteiger partial charge in [0, 0.05) is 22.2 Å². The maximum atomic E-state index is 12.4. The SMILES string of the molecule is NCCC1CCCN(C(=O)c2cccc(I)c2)C1. The van der Waals surface area contributed by atoms with E-state index in [1.165, 1.54) is 6.42 Å². The first-order chi connectivity index (χ1) is 8.70. The van der Waals surface area contributed by atoms with Crippen LogP contribution in [-0.4, -0.2) is 30.4 Å². The molecule has 1 aliphatic rings. The third-order valence-electron chi connectivity index (χ3n) is 3.45. The Labute approximate surface area is 122 Å². The lowest BCUT2D eigenvalue weighted by Crippen LogP contribution is -2.40. The van der Waals surface area contributed by atoms with Crippen molar-refractivity contribution in [2.75, 3.05) is 19.6 Å². The Kier molecular flexibility index (Phi) is 5.00. The predicted octanol–water partition coefficient (Wildman–Crippen LogP) is 2.49. The van der Waals surface area contributed by atoms with Crippen LogP contribution in [0.4, 0.5) is 0 Å². The molecule has 3 nitrogen and oxygen atoms in total. The van der Waals surface area contributed by atoms with Gasteiger partial charge in [0.25, 0.3) is 5.91 Å². The summed E-state index contributed by atoms with van der Waals surface area (Å²) in [6, 6.07) is 7.80. The highest BCUT2D eigenvalue weighted by Crippen LogP contribution is 2.21. The van der Waals surface area contributed by atoms with Gasteiger partial charge in [0.15, 0.2) is 0 Å². The smallest absolute Gasteiger partial charge is 0.253 e. The number of carbonyl (C=O) groups excluding carboxylic acids is 1. The number of nitrogens with two attached hydrogens (primary N) is 1. The van der Waals surface area contributed by atoms with E-state index in [9.17, 15) is 4.79 Å². The van der Waals surface area contributed by atoms with E-state index in [-0.39, 0.29) is 5.91 Å². The second-order valence-corrected chi connectivity index (χ2v) is 6.09. The number of rotatable bonds is 3.